The van der Waals surface area contributed by atoms with Crippen LogP contribution in [0.4, 0.5) is 0 Å². The summed E-state index contributed by atoms with van der Waals surface area (Å²) in [6, 6.07) is 2.34. The van der Waals surface area contributed by atoms with Gasteiger partial charge >= 0.3 is 0 Å². The molecular formula is C14H21N5O. The van der Waals surface area contributed by atoms with Crippen molar-refractivity contribution in [2.75, 3.05) is 26.2 Å². The van der Waals surface area contributed by atoms with Gasteiger partial charge in [0.25, 0.3) is 5.91 Å². The molecule has 6 heteroatoms. The number of hydrogen-bond acceptors (Lipinski definition) is 4. The number of aryl methyl sites for hydroxylation is 1. The Morgan fingerprint density at radius 1 is 1.50 bits per heavy atom. The second kappa shape index (κ2) is 6.53. The monoisotopic (exact) mass is 275 g/mol. The Hall–Kier alpha value is -1.87. The zero-order chi connectivity index (χ0) is 14.5. The molecule has 0 aromatic carbocycles. The predicted molar refractivity (Wildman–Crippen MR) is 75.1 cm³/mol. The number of rotatable bonds is 4. The average molecular weight is 275 g/mol. The maximum Gasteiger partial charge on any atom is 0.257 e. The van der Waals surface area contributed by atoms with Crippen molar-refractivity contribution in [3.63, 3.8) is 0 Å². The lowest BCUT2D eigenvalue weighted by molar-refractivity contribution is 0.0600. The van der Waals surface area contributed by atoms with Crippen LogP contribution >= 0.6 is 0 Å². The molecule has 0 saturated carbocycles. The summed E-state index contributed by atoms with van der Waals surface area (Å²) in [5.41, 5.74) is 1.45. The number of carbonyl (C=O) groups excluding carboxylic acids is 1. The summed E-state index contributed by atoms with van der Waals surface area (Å²) in [7, 11) is 0. The van der Waals surface area contributed by atoms with Gasteiger partial charge in [0.1, 0.15) is 0 Å². The molecule has 1 aliphatic rings. The molecule has 0 radical (unpaired) electrons. The van der Waals surface area contributed by atoms with Gasteiger partial charge in [0, 0.05) is 31.9 Å². The molecular weight excluding hydrogens is 254 g/mol. The zero-order valence-corrected chi connectivity index (χ0v) is 12.1. The molecule has 1 aliphatic heterocycles. The molecule has 1 aromatic rings. The van der Waals surface area contributed by atoms with Crippen LogP contribution in [0, 0.1) is 18.3 Å². The van der Waals surface area contributed by atoms with E-state index in [0.717, 1.165) is 31.6 Å². The van der Waals surface area contributed by atoms with Crippen molar-refractivity contribution in [2.24, 2.45) is 0 Å². The van der Waals surface area contributed by atoms with Crippen molar-refractivity contribution >= 4 is 5.91 Å². The molecule has 1 atom stereocenters. The molecule has 1 saturated heterocycles. The smallest absolute Gasteiger partial charge is 0.257 e. The largest absolute Gasteiger partial charge is 0.336 e. The number of amides is 1. The normalized spacial score (nSPS) is 17.8. The molecule has 108 valence electrons. The first kappa shape index (κ1) is 14.5. The van der Waals surface area contributed by atoms with Crippen LogP contribution in [-0.4, -0.2) is 58.1 Å². The van der Waals surface area contributed by atoms with Crippen molar-refractivity contribution in [3.8, 4) is 6.07 Å². The van der Waals surface area contributed by atoms with Gasteiger partial charge in [-0.15, -0.1) is 0 Å². The van der Waals surface area contributed by atoms with Gasteiger partial charge in [-0.1, -0.05) is 13.3 Å². The standard InChI is InChI=1S/C14H21N5O/c1-3-4-12(9-15)18-5-7-19(8-6-18)14(20)13-10-16-17-11(13)2/h10,12H,3-8H2,1-2H3,(H,16,17). The summed E-state index contributed by atoms with van der Waals surface area (Å²) in [5.74, 6) is 0.0277. The highest BCUT2D eigenvalue weighted by Crippen LogP contribution is 2.14. The maximum atomic E-state index is 12.3. The molecule has 0 aliphatic carbocycles. The Kier molecular flexibility index (Phi) is 4.74. The zero-order valence-electron chi connectivity index (χ0n) is 12.1. The van der Waals surface area contributed by atoms with Gasteiger partial charge in [-0.3, -0.25) is 14.8 Å². The van der Waals surface area contributed by atoms with Crippen LogP contribution in [0.5, 0.6) is 0 Å². The number of nitrogens with zero attached hydrogens (tertiary/aromatic N) is 4. The molecule has 0 bridgehead atoms. The van der Waals surface area contributed by atoms with Gasteiger partial charge in [0.05, 0.1) is 23.9 Å². The number of aromatic nitrogens is 2. The van der Waals surface area contributed by atoms with Crippen LogP contribution in [0.15, 0.2) is 6.20 Å². The molecule has 20 heavy (non-hydrogen) atoms. The number of nitrogens with one attached hydrogen (secondary N) is 1. The third-order valence-corrected chi connectivity index (χ3v) is 3.81. The molecule has 6 nitrogen and oxygen atoms in total. The van der Waals surface area contributed by atoms with Crippen LogP contribution in [0.3, 0.4) is 0 Å². The molecule has 1 fully saturated rings. The minimum atomic E-state index is -0.0205. The average Bonchev–Trinajstić information content (AvgIpc) is 2.90. The Morgan fingerprint density at radius 3 is 2.70 bits per heavy atom. The molecule has 0 spiro atoms. The summed E-state index contributed by atoms with van der Waals surface area (Å²) >= 11 is 0. The Morgan fingerprint density at radius 2 is 2.20 bits per heavy atom. The highest BCUT2D eigenvalue weighted by molar-refractivity contribution is 5.95. The van der Waals surface area contributed by atoms with Gasteiger partial charge in [0.15, 0.2) is 0 Å². The first-order chi connectivity index (χ1) is 9.67. The van der Waals surface area contributed by atoms with E-state index in [0.29, 0.717) is 18.7 Å². The van der Waals surface area contributed by atoms with E-state index in [-0.39, 0.29) is 11.9 Å². The fourth-order valence-corrected chi connectivity index (χ4v) is 2.58. The molecule has 1 aromatic heterocycles. The Labute approximate surface area is 119 Å². The predicted octanol–water partition coefficient (Wildman–Crippen LogP) is 1.17. The van der Waals surface area contributed by atoms with Crippen LogP contribution in [0.25, 0.3) is 0 Å². The third-order valence-electron chi connectivity index (χ3n) is 3.81. The second-order valence-corrected chi connectivity index (χ2v) is 5.17. The second-order valence-electron chi connectivity index (χ2n) is 5.17. The Balaban J connectivity index is 1.93. The van der Waals surface area contributed by atoms with E-state index in [1.807, 2.05) is 11.8 Å². The highest BCUT2D eigenvalue weighted by Gasteiger charge is 2.27. The van der Waals surface area contributed by atoms with E-state index < -0.39 is 0 Å². The quantitative estimate of drug-likeness (QED) is 0.895. The Bertz CT molecular complexity index is 496. The molecule has 1 N–H and O–H groups in total. The first-order valence-corrected chi connectivity index (χ1v) is 7.10. The first-order valence-electron chi connectivity index (χ1n) is 7.10. The fraction of sp³-hybridized carbons (Fsp3) is 0.643. The van der Waals surface area contributed by atoms with Crippen LogP contribution in [0.1, 0.15) is 35.8 Å². The lowest BCUT2D eigenvalue weighted by Crippen LogP contribution is -2.51. The molecule has 1 unspecified atom stereocenters. The van der Waals surface area contributed by atoms with E-state index in [2.05, 4.69) is 28.1 Å². The van der Waals surface area contributed by atoms with Gasteiger partial charge in [-0.25, -0.2) is 0 Å². The van der Waals surface area contributed by atoms with Crippen LogP contribution in [0.2, 0.25) is 0 Å². The number of carbonyl (C=O) groups is 1. The number of H-pyrrole nitrogens is 1. The van der Waals surface area contributed by atoms with E-state index in [1.165, 1.54) is 0 Å². The van der Waals surface area contributed by atoms with Crippen molar-refractivity contribution in [2.45, 2.75) is 32.7 Å². The summed E-state index contributed by atoms with van der Waals surface area (Å²) in [6.45, 7) is 6.81. The number of nitriles is 1. The fourth-order valence-electron chi connectivity index (χ4n) is 2.58. The number of piperazine rings is 1. The van der Waals surface area contributed by atoms with Gasteiger partial charge in [0.2, 0.25) is 0 Å². The van der Waals surface area contributed by atoms with Crippen LogP contribution in [-0.2, 0) is 0 Å². The lowest BCUT2D eigenvalue weighted by Gasteiger charge is -2.36. The summed E-state index contributed by atoms with van der Waals surface area (Å²) < 4.78 is 0. The molecule has 2 rings (SSSR count). The van der Waals surface area contributed by atoms with Gasteiger partial charge in [-0.05, 0) is 13.3 Å². The number of hydrogen-bond donors (Lipinski definition) is 1. The van der Waals surface area contributed by atoms with E-state index in [4.69, 9.17) is 0 Å². The maximum absolute atomic E-state index is 12.3. The summed E-state index contributed by atoms with van der Waals surface area (Å²) in [5, 5.41) is 15.9. The van der Waals surface area contributed by atoms with E-state index in [1.54, 1.807) is 6.20 Å². The van der Waals surface area contributed by atoms with Gasteiger partial charge < -0.3 is 4.90 Å². The number of aromatic amines is 1. The minimum Gasteiger partial charge on any atom is -0.336 e. The van der Waals surface area contributed by atoms with E-state index in [9.17, 15) is 10.1 Å². The van der Waals surface area contributed by atoms with Crippen LogP contribution < -0.4 is 0 Å². The van der Waals surface area contributed by atoms with Crippen molar-refractivity contribution in [1.82, 2.24) is 20.0 Å². The molecule has 1 amide bonds. The topological polar surface area (TPSA) is 76.0 Å². The highest BCUT2D eigenvalue weighted by atomic mass is 16.2. The lowest BCUT2D eigenvalue weighted by atomic mass is 10.1. The van der Waals surface area contributed by atoms with Gasteiger partial charge in [-0.2, -0.15) is 10.4 Å². The minimum absolute atomic E-state index is 0.0205. The van der Waals surface area contributed by atoms with E-state index >= 15 is 0 Å². The van der Waals surface area contributed by atoms with Crippen molar-refractivity contribution in [3.05, 3.63) is 17.5 Å². The van der Waals surface area contributed by atoms with Crippen molar-refractivity contribution in [1.29, 1.82) is 5.26 Å². The summed E-state index contributed by atoms with van der Waals surface area (Å²) in [4.78, 5) is 16.4. The van der Waals surface area contributed by atoms with Crippen molar-refractivity contribution < 1.29 is 4.79 Å². The molecule has 2 heterocycles. The SMILES string of the molecule is CCCC(C#N)N1CCN(C(=O)c2cn[nH]c2C)CC1. The summed E-state index contributed by atoms with van der Waals surface area (Å²) in [6.07, 6.45) is 3.48. The third kappa shape index (κ3) is 2.99.